The van der Waals surface area contributed by atoms with Crippen molar-refractivity contribution in [2.45, 2.75) is 57.4 Å². The normalized spacial score (nSPS) is 28.1. The SMILES string of the molecule is Cc1ccc(-c2sc(-c3cccnc3)nc2CC(=O)NC23CC4CC(CC(C4)C2)C3)cc1. The lowest BCUT2D eigenvalue weighted by Gasteiger charge is -2.56. The van der Waals surface area contributed by atoms with E-state index in [0.717, 1.165) is 44.5 Å². The van der Waals surface area contributed by atoms with Crippen molar-refractivity contribution in [2.24, 2.45) is 17.8 Å². The molecular formula is C27H29N3OS. The van der Waals surface area contributed by atoms with E-state index in [4.69, 9.17) is 4.98 Å². The molecule has 0 aliphatic heterocycles. The van der Waals surface area contributed by atoms with Gasteiger partial charge < -0.3 is 5.32 Å². The molecule has 4 aliphatic carbocycles. The molecule has 4 nitrogen and oxygen atoms in total. The predicted molar refractivity (Wildman–Crippen MR) is 128 cm³/mol. The highest BCUT2D eigenvalue weighted by Crippen LogP contribution is 2.55. The molecule has 5 heteroatoms. The Balaban J connectivity index is 1.28. The molecule has 1 amide bonds. The number of nitrogens with zero attached hydrogens (tertiary/aromatic N) is 2. The Bertz CT molecular complexity index is 1100. The zero-order valence-corrected chi connectivity index (χ0v) is 19.3. The molecule has 32 heavy (non-hydrogen) atoms. The van der Waals surface area contributed by atoms with Gasteiger partial charge in [-0.15, -0.1) is 11.3 Å². The van der Waals surface area contributed by atoms with Crippen molar-refractivity contribution in [3.63, 3.8) is 0 Å². The van der Waals surface area contributed by atoms with Gasteiger partial charge in [-0.25, -0.2) is 4.98 Å². The van der Waals surface area contributed by atoms with Crippen LogP contribution in [0.15, 0.2) is 48.8 Å². The van der Waals surface area contributed by atoms with Gasteiger partial charge in [-0.2, -0.15) is 0 Å². The third-order valence-electron chi connectivity index (χ3n) is 7.69. The van der Waals surface area contributed by atoms with Crippen LogP contribution >= 0.6 is 11.3 Å². The zero-order chi connectivity index (χ0) is 21.7. The summed E-state index contributed by atoms with van der Waals surface area (Å²) in [4.78, 5) is 23.6. The minimum absolute atomic E-state index is 0.0397. The van der Waals surface area contributed by atoms with Crippen LogP contribution < -0.4 is 5.32 Å². The smallest absolute Gasteiger partial charge is 0.226 e. The van der Waals surface area contributed by atoms with Gasteiger partial charge in [0.2, 0.25) is 5.91 Å². The lowest BCUT2D eigenvalue weighted by atomic mass is 9.53. The van der Waals surface area contributed by atoms with E-state index in [-0.39, 0.29) is 11.4 Å². The highest BCUT2D eigenvalue weighted by atomic mass is 32.1. The Morgan fingerprint density at radius 3 is 2.34 bits per heavy atom. The van der Waals surface area contributed by atoms with Crippen molar-refractivity contribution in [3.8, 4) is 21.0 Å². The van der Waals surface area contributed by atoms with Gasteiger partial charge in [0.15, 0.2) is 0 Å². The van der Waals surface area contributed by atoms with Crippen LogP contribution in [0.4, 0.5) is 0 Å². The second-order valence-corrected chi connectivity index (χ2v) is 11.3. The van der Waals surface area contributed by atoms with E-state index in [9.17, 15) is 4.79 Å². The number of rotatable bonds is 5. The molecule has 0 atom stereocenters. The maximum absolute atomic E-state index is 13.3. The minimum Gasteiger partial charge on any atom is -0.350 e. The van der Waals surface area contributed by atoms with Crippen LogP contribution in [0.1, 0.15) is 49.8 Å². The van der Waals surface area contributed by atoms with E-state index in [1.165, 1.54) is 44.1 Å². The van der Waals surface area contributed by atoms with Crippen LogP contribution in [0, 0.1) is 24.7 Å². The average Bonchev–Trinajstić information content (AvgIpc) is 3.17. The Labute approximate surface area is 193 Å². The van der Waals surface area contributed by atoms with Gasteiger partial charge in [-0.3, -0.25) is 9.78 Å². The lowest BCUT2D eigenvalue weighted by molar-refractivity contribution is -0.126. The summed E-state index contributed by atoms with van der Waals surface area (Å²) < 4.78 is 0. The summed E-state index contributed by atoms with van der Waals surface area (Å²) in [5.74, 6) is 2.59. The second kappa shape index (κ2) is 7.80. The summed E-state index contributed by atoms with van der Waals surface area (Å²) in [5.41, 5.74) is 4.27. The molecule has 4 fully saturated rings. The number of aromatic nitrogens is 2. The van der Waals surface area contributed by atoms with Crippen molar-refractivity contribution in [3.05, 3.63) is 60.0 Å². The summed E-state index contributed by atoms with van der Waals surface area (Å²) in [5, 5.41) is 4.45. The molecule has 3 aromatic rings. The van der Waals surface area contributed by atoms with Crippen LogP contribution in [-0.2, 0) is 11.2 Å². The summed E-state index contributed by atoms with van der Waals surface area (Å²) in [6.07, 6.45) is 11.6. The summed E-state index contributed by atoms with van der Waals surface area (Å²) in [6.45, 7) is 2.09. The van der Waals surface area contributed by atoms with Crippen LogP contribution in [-0.4, -0.2) is 21.4 Å². The molecule has 7 rings (SSSR count). The molecule has 2 aromatic heterocycles. The summed E-state index contributed by atoms with van der Waals surface area (Å²) in [6, 6.07) is 12.5. The molecule has 4 bridgehead atoms. The minimum atomic E-state index is 0.0397. The van der Waals surface area contributed by atoms with Crippen molar-refractivity contribution in [1.82, 2.24) is 15.3 Å². The van der Waals surface area contributed by atoms with E-state index >= 15 is 0 Å². The van der Waals surface area contributed by atoms with Crippen LogP contribution in [0.3, 0.4) is 0 Å². The van der Waals surface area contributed by atoms with Crippen LogP contribution in [0.25, 0.3) is 21.0 Å². The van der Waals surface area contributed by atoms with E-state index in [2.05, 4.69) is 41.5 Å². The number of carbonyl (C=O) groups excluding carboxylic acids is 1. The van der Waals surface area contributed by atoms with Crippen molar-refractivity contribution in [1.29, 1.82) is 0 Å². The number of amides is 1. The van der Waals surface area contributed by atoms with E-state index in [1.54, 1.807) is 17.5 Å². The standard InChI is InChI=1S/C27H29N3OS/c1-17-4-6-21(7-5-17)25-23(29-26(32-25)22-3-2-8-28-16-22)12-24(31)30-27-13-18-9-19(14-27)11-20(10-18)15-27/h2-8,16,18-20H,9-15H2,1H3,(H,30,31). The lowest BCUT2D eigenvalue weighted by Crippen LogP contribution is -2.60. The first-order valence-corrected chi connectivity index (χ1v) is 12.6. The Morgan fingerprint density at radius 1 is 1.03 bits per heavy atom. The predicted octanol–water partition coefficient (Wildman–Crippen LogP) is 5.81. The van der Waals surface area contributed by atoms with Gasteiger partial charge in [-0.05, 0) is 80.9 Å². The van der Waals surface area contributed by atoms with E-state index < -0.39 is 0 Å². The maximum Gasteiger partial charge on any atom is 0.226 e. The van der Waals surface area contributed by atoms with Gasteiger partial charge >= 0.3 is 0 Å². The fourth-order valence-electron chi connectivity index (χ4n) is 6.77. The topological polar surface area (TPSA) is 54.9 Å². The summed E-state index contributed by atoms with van der Waals surface area (Å²) >= 11 is 1.65. The van der Waals surface area contributed by atoms with Crippen molar-refractivity contribution < 1.29 is 4.79 Å². The maximum atomic E-state index is 13.3. The molecule has 2 heterocycles. The van der Waals surface area contributed by atoms with Gasteiger partial charge in [0.05, 0.1) is 17.0 Å². The van der Waals surface area contributed by atoms with Gasteiger partial charge in [-0.1, -0.05) is 29.8 Å². The fourth-order valence-corrected chi connectivity index (χ4v) is 7.85. The molecule has 1 N–H and O–H groups in total. The summed E-state index contributed by atoms with van der Waals surface area (Å²) in [7, 11) is 0. The number of pyridine rings is 1. The van der Waals surface area contributed by atoms with Crippen molar-refractivity contribution >= 4 is 17.2 Å². The third-order valence-corrected chi connectivity index (χ3v) is 8.89. The third kappa shape index (κ3) is 3.77. The van der Waals surface area contributed by atoms with Crippen molar-refractivity contribution in [2.75, 3.05) is 0 Å². The Hall–Kier alpha value is -2.53. The first kappa shape index (κ1) is 20.1. The zero-order valence-electron chi connectivity index (χ0n) is 18.5. The van der Waals surface area contributed by atoms with Gasteiger partial charge in [0.1, 0.15) is 5.01 Å². The average molecular weight is 444 g/mol. The first-order chi connectivity index (χ1) is 15.6. The monoisotopic (exact) mass is 443 g/mol. The molecule has 0 radical (unpaired) electrons. The molecule has 164 valence electrons. The number of hydrogen-bond donors (Lipinski definition) is 1. The molecule has 4 aliphatic rings. The highest BCUT2D eigenvalue weighted by molar-refractivity contribution is 7.18. The quantitative estimate of drug-likeness (QED) is 0.541. The fraction of sp³-hybridized carbons (Fsp3) is 0.444. The Morgan fingerprint density at radius 2 is 1.72 bits per heavy atom. The first-order valence-electron chi connectivity index (χ1n) is 11.8. The highest BCUT2D eigenvalue weighted by Gasteiger charge is 2.51. The van der Waals surface area contributed by atoms with Gasteiger partial charge in [0.25, 0.3) is 0 Å². The number of benzene rings is 1. The van der Waals surface area contributed by atoms with E-state index in [1.807, 2.05) is 18.3 Å². The largest absolute Gasteiger partial charge is 0.350 e. The van der Waals surface area contributed by atoms with Gasteiger partial charge in [0, 0.05) is 23.5 Å². The number of nitrogens with one attached hydrogen (secondary N) is 1. The molecule has 0 spiro atoms. The number of aryl methyl sites for hydroxylation is 1. The van der Waals surface area contributed by atoms with Crippen LogP contribution in [0.5, 0.6) is 0 Å². The second-order valence-electron chi connectivity index (χ2n) is 10.3. The van der Waals surface area contributed by atoms with Crippen LogP contribution in [0.2, 0.25) is 0 Å². The molecule has 0 saturated heterocycles. The van der Waals surface area contributed by atoms with E-state index in [0.29, 0.717) is 6.42 Å². The molecule has 4 saturated carbocycles. The molecular weight excluding hydrogens is 414 g/mol. The molecule has 0 unspecified atom stereocenters. The Kier molecular flexibility index (Phi) is 4.90. The molecule has 1 aromatic carbocycles. The number of hydrogen-bond acceptors (Lipinski definition) is 4. The number of carbonyl (C=O) groups is 1. The number of thiazole rings is 1.